The molecule has 0 saturated carbocycles. The van der Waals surface area contributed by atoms with Crippen molar-refractivity contribution in [1.29, 1.82) is 0 Å². The van der Waals surface area contributed by atoms with Crippen LogP contribution in [0.1, 0.15) is 44.4 Å². The van der Waals surface area contributed by atoms with Crippen LogP contribution >= 0.6 is 11.3 Å². The van der Waals surface area contributed by atoms with Crippen LogP contribution in [0.2, 0.25) is 0 Å². The van der Waals surface area contributed by atoms with Gasteiger partial charge in [-0.25, -0.2) is 8.42 Å². The summed E-state index contributed by atoms with van der Waals surface area (Å²) < 4.78 is 27.5. The molecule has 1 atom stereocenters. The zero-order valence-corrected chi connectivity index (χ0v) is 16.7. The molecular weight excluding hydrogens is 356 g/mol. The molecule has 0 N–H and O–H groups in total. The molecule has 5 nitrogen and oxygen atoms in total. The molecule has 0 aliphatic carbocycles. The third-order valence-electron chi connectivity index (χ3n) is 5.35. The minimum Gasteiger partial charge on any atom is -0.342 e. The molecule has 1 unspecified atom stereocenters. The Hall–Kier alpha value is -0.920. The number of likely N-dealkylation sites (tertiary alicyclic amines) is 1. The minimum absolute atomic E-state index is 0.0220. The second-order valence-electron chi connectivity index (χ2n) is 7.28. The van der Waals surface area contributed by atoms with Crippen molar-refractivity contribution in [3.05, 3.63) is 17.0 Å². The first-order valence-corrected chi connectivity index (χ1v) is 11.5. The monoisotopic (exact) mass is 384 g/mol. The van der Waals surface area contributed by atoms with Crippen LogP contribution in [0, 0.1) is 11.8 Å². The van der Waals surface area contributed by atoms with Crippen molar-refractivity contribution in [1.82, 2.24) is 9.21 Å². The summed E-state index contributed by atoms with van der Waals surface area (Å²) in [4.78, 5) is 15.8. The first kappa shape index (κ1) is 18.9. The lowest BCUT2D eigenvalue weighted by atomic mass is 9.93. The number of piperidine rings is 2. The fourth-order valence-corrected chi connectivity index (χ4v) is 6.72. The van der Waals surface area contributed by atoms with E-state index in [2.05, 4.69) is 6.92 Å². The van der Waals surface area contributed by atoms with Crippen molar-refractivity contribution >= 4 is 27.3 Å². The van der Waals surface area contributed by atoms with E-state index < -0.39 is 10.0 Å². The van der Waals surface area contributed by atoms with E-state index in [-0.39, 0.29) is 11.8 Å². The zero-order valence-electron chi connectivity index (χ0n) is 15.1. The Labute approximate surface area is 155 Å². The van der Waals surface area contributed by atoms with Gasteiger partial charge in [0.15, 0.2) is 0 Å². The number of amides is 1. The van der Waals surface area contributed by atoms with Crippen molar-refractivity contribution in [2.24, 2.45) is 11.8 Å². The van der Waals surface area contributed by atoms with Gasteiger partial charge in [0, 0.05) is 37.0 Å². The fourth-order valence-electron chi connectivity index (χ4n) is 3.81. The van der Waals surface area contributed by atoms with Gasteiger partial charge in [0.2, 0.25) is 5.91 Å². The van der Waals surface area contributed by atoms with Crippen molar-refractivity contribution in [3.8, 4) is 0 Å². The van der Waals surface area contributed by atoms with Crippen LogP contribution in [-0.4, -0.2) is 49.7 Å². The van der Waals surface area contributed by atoms with Crippen LogP contribution in [0.4, 0.5) is 0 Å². The Morgan fingerprint density at radius 1 is 1.20 bits per heavy atom. The van der Waals surface area contributed by atoms with E-state index >= 15 is 0 Å². The van der Waals surface area contributed by atoms with Crippen LogP contribution in [0.25, 0.3) is 0 Å². The Morgan fingerprint density at radius 2 is 1.92 bits per heavy atom. The van der Waals surface area contributed by atoms with E-state index in [9.17, 15) is 13.2 Å². The molecule has 2 saturated heterocycles. The first-order valence-electron chi connectivity index (χ1n) is 9.29. The third-order valence-corrected chi connectivity index (χ3v) is 8.95. The Morgan fingerprint density at radius 3 is 2.52 bits per heavy atom. The molecule has 1 aromatic rings. The summed E-state index contributed by atoms with van der Waals surface area (Å²) in [6, 6.07) is 3.61. The normalized spacial score (nSPS) is 23.8. The van der Waals surface area contributed by atoms with Gasteiger partial charge >= 0.3 is 0 Å². The molecule has 0 bridgehead atoms. The molecule has 1 aromatic heterocycles. The second-order valence-corrected chi connectivity index (χ2v) is 10.6. The van der Waals surface area contributed by atoms with Crippen LogP contribution < -0.4 is 0 Å². The Balaban J connectivity index is 1.60. The maximum atomic E-state index is 12.8. The van der Waals surface area contributed by atoms with E-state index in [1.807, 2.05) is 17.9 Å². The highest BCUT2D eigenvalue weighted by Crippen LogP contribution is 2.30. The maximum absolute atomic E-state index is 12.8. The molecule has 7 heteroatoms. The van der Waals surface area contributed by atoms with Gasteiger partial charge in [-0.15, -0.1) is 11.3 Å². The van der Waals surface area contributed by atoms with Crippen LogP contribution in [0.3, 0.4) is 0 Å². The minimum atomic E-state index is -3.41. The van der Waals surface area contributed by atoms with Gasteiger partial charge in [-0.2, -0.15) is 4.31 Å². The molecule has 0 radical (unpaired) electrons. The number of rotatable bonds is 4. The lowest BCUT2D eigenvalue weighted by Gasteiger charge is -2.36. The lowest BCUT2D eigenvalue weighted by Crippen LogP contribution is -2.46. The SMILES string of the molecule is CCc1ccc(S(=O)(=O)N2CCC(C(=O)N3CCCC(C)C3)CC2)s1. The Bertz CT molecular complexity index is 706. The zero-order chi connectivity index (χ0) is 18.0. The number of aryl methyl sites for hydroxylation is 1. The van der Waals surface area contributed by atoms with Crippen LogP contribution in [0.5, 0.6) is 0 Å². The van der Waals surface area contributed by atoms with Gasteiger partial charge in [-0.1, -0.05) is 13.8 Å². The molecule has 0 aromatic carbocycles. The van der Waals surface area contributed by atoms with Gasteiger partial charge in [-0.05, 0) is 50.2 Å². The quantitative estimate of drug-likeness (QED) is 0.802. The first-order chi connectivity index (χ1) is 11.9. The number of carbonyl (C=O) groups excluding carboxylic acids is 1. The van der Waals surface area contributed by atoms with E-state index in [4.69, 9.17) is 0 Å². The van der Waals surface area contributed by atoms with Gasteiger partial charge in [0.25, 0.3) is 10.0 Å². The topological polar surface area (TPSA) is 57.7 Å². The summed E-state index contributed by atoms with van der Waals surface area (Å²) in [6.07, 6.45) is 4.40. The van der Waals surface area contributed by atoms with Crippen molar-refractivity contribution in [2.45, 2.75) is 50.2 Å². The lowest BCUT2D eigenvalue weighted by molar-refractivity contribution is -0.138. The molecule has 3 heterocycles. The van der Waals surface area contributed by atoms with Crippen molar-refractivity contribution < 1.29 is 13.2 Å². The standard InChI is InChI=1S/C18H28N2O3S2/c1-3-16-6-7-17(24-16)25(22,23)20-11-8-15(9-12-20)18(21)19-10-4-5-14(2)13-19/h6-7,14-15H,3-5,8-13H2,1-2H3. The van der Waals surface area contributed by atoms with E-state index in [0.29, 0.717) is 36.1 Å². The van der Waals surface area contributed by atoms with Crippen LogP contribution in [0.15, 0.2) is 16.3 Å². The van der Waals surface area contributed by atoms with E-state index in [0.717, 1.165) is 30.8 Å². The number of carbonyl (C=O) groups is 1. The largest absolute Gasteiger partial charge is 0.342 e. The fraction of sp³-hybridized carbons (Fsp3) is 0.722. The van der Waals surface area contributed by atoms with Crippen molar-refractivity contribution in [2.75, 3.05) is 26.2 Å². The average molecular weight is 385 g/mol. The molecule has 2 fully saturated rings. The summed E-state index contributed by atoms with van der Waals surface area (Å²) >= 11 is 1.36. The van der Waals surface area contributed by atoms with Crippen LogP contribution in [-0.2, 0) is 21.2 Å². The predicted octanol–water partition coefficient (Wildman–Crippen LogP) is 2.97. The molecule has 0 spiro atoms. The smallest absolute Gasteiger partial charge is 0.252 e. The van der Waals surface area contributed by atoms with Gasteiger partial charge < -0.3 is 4.90 Å². The molecule has 140 valence electrons. The summed E-state index contributed by atoms with van der Waals surface area (Å²) in [5.74, 6) is 0.782. The predicted molar refractivity (Wildman–Crippen MR) is 100 cm³/mol. The summed E-state index contributed by atoms with van der Waals surface area (Å²) in [7, 11) is -3.41. The molecule has 25 heavy (non-hydrogen) atoms. The number of thiophene rings is 1. The second kappa shape index (κ2) is 7.76. The molecule has 1 amide bonds. The van der Waals surface area contributed by atoms with E-state index in [1.165, 1.54) is 17.8 Å². The van der Waals surface area contributed by atoms with Crippen molar-refractivity contribution in [3.63, 3.8) is 0 Å². The third kappa shape index (κ3) is 4.09. The van der Waals surface area contributed by atoms with Gasteiger partial charge in [0.05, 0.1) is 0 Å². The summed E-state index contributed by atoms with van der Waals surface area (Å²) in [5, 5.41) is 0. The maximum Gasteiger partial charge on any atom is 0.252 e. The molecule has 3 rings (SSSR count). The number of sulfonamides is 1. The summed E-state index contributed by atoms with van der Waals surface area (Å²) in [5.41, 5.74) is 0. The highest BCUT2D eigenvalue weighted by atomic mass is 32.2. The van der Waals surface area contributed by atoms with Gasteiger partial charge in [0.1, 0.15) is 4.21 Å². The van der Waals surface area contributed by atoms with E-state index in [1.54, 1.807) is 10.4 Å². The Kier molecular flexibility index (Phi) is 5.85. The summed E-state index contributed by atoms with van der Waals surface area (Å²) in [6.45, 7) is 6.83. The highest BCUT2D eigenvalue weighted by molar-refractivity contribution is 7.91. The number of hydrogen-bond donors (Lipinski definition) is 0. The highest BCUT2D eigenvalue weighted by Gasteiger charge is 2.35. The van der Waals surface area contributed by atoms with Gasteiger partial charge in [-0.3, -0.25) is 4.79 Å². The molecule has 2 aliphatic rings. The average Bonchev–Trinajstić information content (AvgIpc) is 3.11. The molecule has 2 aliphatic heterocycles. The molecular formula is C18H28N2O3S2. The number of hydrogen-bond acceptors (Lipinski definition) is 4. The number of nitrogens with zero attached hydrogens (tertiary/aromatic N) is 2.